The van der Waals surface area contributed by atoms with Crippen molar-refractivity contribution in [3.63, 3.8) is 0 Å². The molecule has 1 aliphatic heterocycles. The summed E-state index contributed by atoms with van der Waals surface area (Å²) in [5.41, 5.74) is 4.71. The number of fused-ring (bicyclic) bond motifs is 1. The number of anilines is 1. The van der Waals surface area contributed by atoms with Crippen LogP contribution in [-0.4, -0.2) is 68.9 Å². The topological polar surface area (TPSA) is 54.9 Å². The van der Waals surface area contributed by atoms with Gasteiger partial charge in [0.1, 0.15) is 5.56 Å². The predicted octanol–water partition coefficient (Wildman–Crippen LogP) is 2.80. The summed E-state index contributed by atoms with van der Waals surface area (Å²) in [4.78, 5) is 21.6. The third-order valence-corrected chi connectivity index (χ3v) is 5.05. The molecular formula is C21H29N3O3. The monoisotopic (exact) mass is 371 g/mol. The summed E-state index contributed by atoms with van der Waals surface area (Å²) in [6, 6.07) is 4.16. The number of nitrogens with zero attached hydrogens (tertiary/aromatic N) is 3. The van der Waals surface area contributed by atoms with Crippen molar-refractivity contribution < 1.29 is 14.3 Å². The van der Waals surface area contributed by atoms with Crippen LogP contribution in [0.25, 0.3) is 10.9 Å². The van der Waals surface area contributed by atoms with Crippen LogP contribution in [0.2, 0.25) is 0 Å². The lowest BCUT2D eigenvalue weighted by atomic mass is 10.0. The minimum Gasteiger partial charge on any atom is -0.462 e. The Bertz CT molecular complexity index is 835. The Labute approximate surface area is 161 Å². The molecule has 2 heterocycles. The van der Waals surface area contributed by atoms with Gasteiger partial charge < -0.3 is 19.3 Å². The van der Waals surface area contributed by atoms with Crippen molar-refractivity contribution >= 4 is 22.6 Å². The first-order valence-electron chi connectivity index (χ1n) is 9.49. The van der Waals surface area contributed by atoms with Crippen LogP contribution >= 0.6 is 0 Å². The van der Waals surface area contributed by atoms with Gasteiger partial charge in [0.05, 0.1) is 30.5 Å². The predicted molar refractivity (Wildman–Crippen MR) is 108 cm³/mol. The van der Waals surface area contributed by atoms with Crippen molar-refractivity contribution in [2.45, 2.75) is 26.9 Å². The molecule has 27 heavy (non-hydrogen) atoms. The van der Waals surface area contributed by atoms with E-state index in [1.807, 2.05) is 21.0 Å². The van der Waals surface area contributed by atoms with Crippen LogP contribution in [0.5, 0.6) is 0 Å². The van der Waals surface area contributed by atoms with Gasteiger partial charge in [-0.05, 0) is 46.0 Å². The van der Waals surface area contributed by atoms with Crippen LogP contribution in [0.4, 0.5) is 5.69 Å². The van der Waals surface area contributed by atoms with Gasteiger partial charge in [-0.25, -0.2) is 4.79 Å². The van der Waals surface area contributed by atoms with E-state index in [4.69, 9.17) is 9.47 Å². The van der Waals surface area contributed by atoms with Crippen molar-refractivity contribution in [2.24, 2.45) is 0 Å². The van der Waals surface area contributed by atoms with E-state index in [-0.39, 0.29) is 12.1 Å². The molecule has 1 saturated heterocycles. The first-order chi connectivity index (χ1) is 12.9. The number of aromatic nitrogens is 1. The minimum absolute atomic E-state index is 0.0959. The maximum atomic E-state index is 12.6. The molecule has 1 unspecified atom stereocenters. The fraction of sp³-hybridized carbons (Fsp3) is 0.524. The van der Waals surface area contributed by atoms with E-state index in [1.165, 1.54) is 5.56 Å². The highest BCUT2D eigenvalue weighted by Gasteiger charge is 2.27. The molecular weight excluding hydrogens is 342 g/mol. The lowest BCUT2D eigenvalue weighted by Gasteiger charge is -2.37. The third-order valence-electron chi connectivity index (χ3n) is 5.05. The number of aryl methyl sites for hydroxylation is 2. The number of rotatable bonds is 5. The summed E-state index contributed by atoms with van der Waals surface area (Å²) in [5.74, 6) is -0.323. The zero-order valence-corrected chi connectivity index (χ0v) is 16.9. The first kappa shape index (κ1) is 19.6. The number of hydrogen-bond acceptors (Lipinski definition) is 6. The highest BCUT2D eigenvalue weighted by Crippen LogP contribution is 2.33. The highest BCUT2D eigenvalue weighted by molar-refractivity contribution is 6.06. The quantitative estimate of drug-likeness (QED) is 0.754. The Balaban J connectivity index is 2.11. The van der Waals surface area contributed by atoms with Gasteiger partial charge in [-0.1, -0.05) is 12.1 Å². The molecule has 6 nitrogen and oxygen atoms in total. The molecule has 0 spiro atoms. The number of pyridine rings is 1. The number of morpholine rings is 1. The van der Waals surface area contributed by atoms with Gasteiger partial charge >= 0.3 is 5.97 Å². The summed E-state index contributed by atoms with van der Waals surface area (Å²) in [5, 5.41) is 0.995. The Morgan fingerprint density at radius 1 is 1.37 bits per heavy atom. The summed E-state index contributed by atoms with van der Waals surface area (Å²) in [7, 11) is 4.08. The first-order valence-corrected chi connectivity index (χ1v) is 9.49. The fourth-order valence-electron chi connectivity index (χ4n) is 3.63. The maximum Gasteiger partial charge on any atom is 0.341 e. The van der Waals surface area contributed by atoms with E-state index in [9.17, 15) is 4.79 Å². The van der Waals surface area contributed by atoms with Gasteiger partial charge in [0.25, 0.3) is 0 Å². The number of esters is 1. The molecule has 0 saturated carbocycles. The molecule has 0 N–H and O–H groups in total. The summed E-state index contributed by atoms with van der Waals surface area (Å²) < 4.78 is 11.2. The molecule has 146 valence electrons. The van der Waals surface area contributed by atoms with E-state index in [1.54, 1.807) is 6.20 Å². The maximum absolute atomic E-state index is 12.6. The number of hydrogen-bond donors (Lipinski definition) is 0. The molecule has 0 amide bonds. The Morgan fingerprint density at radius 3 is 2.85 bits per heavy atom. The second kappa shape index (κ2) is 8.23. The van der Waals surface area contributed by atoms with Crippen LogP contribution < -0.4 is 4.90 Å². The lowest BCUT2D eigenvalue weighted by molar-refractivity contribution is 0.0246. The molecule has 1 aromatic carbocycles. The average Bonchev–Trinajstić information content (AvgIpc) is 2.63. The Hall–Kier alpha value is -2.18. The SMILES string of the molecule is CCOC(=O)c1cnc2c(C)c(C)ccc2c1N1CCOC(CN(C)C)C1. The standard InChI is InChI=1S/C21H29N3O3/c1-6-26-21(25)18-11-22-19-15(3)14(2)7-8-17(19)20(18)24-9-10-27-16(13-24)12-23(4)5/h7-8,11,16H,6,9-10,12-13H2,1-5H3. The van der Waals surface area contributed by atoms with E-state index < -0.39 is 0 Å². The van der Waals surface area contributed by atoms with Crippen LogP contribution in [-0.2, 0) is 9.47 Å². The van der Waals surface area contributed by atoms with Crippen molar-refractivity contribution in [3.05, 3.63) is 35.0 Å². The summed E-state index contributed by atoms with van der Waals surface area (Å²) in [6.45, 7) is 9.27. The zero-order valence-electron chi connectivity index (χ0n) is 16.9. The molecule has 6 heteroatoms. The highest BCUT2D eigenvalue weighted by atomic mass is 16.5. The van der Waals surface area contributed by atoms with Crippen LogP contribution in [0.3, 0.4) is 0 Å². The second-order valence-corrected chi connectivity index (χ2v) is 7.35. The molecule has 1 fully saturated rings. The van der Waals surface area contributed by atoms with Gasteiger partial charge in [-0.15, -0.1) is 0 Å². The van der Waals surface area contributed by atoms with E-state index in [2.05, 4.69) is 40.8 Å². The largest absolute Gasteiger partial charge is 0.462 e. The lowest BCUT2D eigenvalue weighted by Crippen LogP contribution is -2.47. The molecule has 1 aromatic heterocycles. The van der Waals surface area contributed by atoms with Gasteiger partial charge in [0, 0.05) is 31.2 Å². The normalized spacial score (nSPS) is 17.6. The molecule has 0 bridgehead atoms. The van der Waals surface area contributed by atoms with Gasteiger partial charge in [0.2, 0.25) is 0 Å². The van der Waals surface area contributed by atoms with E-state index >= 15 is 0 Å². The smallest absolute Gasteiger partial charge is 0.341 e. The zero-order chi connectivity index (χ0) is 19.6. The number of benzene rings is 1. The van der Waals surface area contributed by atoms with Crippen molar-refractivity contribution in [1.29, 1.82) is 0 Å². The molecule has 3 rings (SSSR count). The van der Waals surface area contributed by atoms with E-state index in [0.717, 1.165) is 41.8 Å². The third kappa shape index (κ3) is 4.06. The van der Waals surface area contributed by atoms with Gasteiger partial charge in [-0.2, -0.15) is 0 Å². The van der Waals surface area contributed by atoms with Gasteiger partial charge in [-0.3, -0.25) is 4.98 Å². The van der Waals surface area contributed by atoms with Crippen LogP contribution in [0.15, 0.2) is 18.3 Å². The number of carbonyl (C=O) groups is 1. The van der Waals surface area contributed by atoms with Crippen molar-refractivity contribution in [3.8, 4) is 0 Å². The van der Waals surface area contributed by atoms with Crippen LogP contribution in [0.1, 0.15) is 28.4 Å². The summed E-state index contributed by atoms with van der Waals surface area (Å²) in [6.07, 6.45) is 1.76. The second-order valence-electron chi connectivity index (χ2n) is 7.35. The molecule has 1 aliphatic rings. The van der Waals surface area contributed by atoms with Gasteiger partial charge in [0.15, 0.2) is 0 Å². The molecule has 1 atom stereocenters. The minimum atomic E-state index is -0.323. The summed E-state index contributed by atoms with van der Waals surface area (Å²) >= 11 is 0. The fourth-order valence-corrected chi connectivity index (χ4v) is 3.63. The number of carbonyl (C=O) groups excluding carboxylic acids is 1. The Morgan fingerprint density at radius 2 is 2.15 bits per heavy atom. The molecule has 0 aliphatic carbocycles. The number of likely N-dealkylation sites (N-methyl/N-ethyl adjacent to an activating group) is 1. The molecule has 0 radical (unpaired) electrons. The Kier molecular flexibility index (Phi) is 5.97. The van der Waals surface area contributed by atoms with Crippen LogP contribution in [0, 0.1) is 13.8 Å². The van der Waals surface area contributed by atoms with Crippen molar-refractivity contribution in [2.75, 3.05) is 51.8 Å². The molecule has 2 aromatic rings. The number of ether oxygens (including phenoxy) is 2. The van der Waals surface area contributed by atoms with E-state index in [0.29, 0.717) is 18.8 Å². The average molecular weight is 371 g/mol. The van der Waals surface area contributed by atoms with Crippen molar-refractivity contribution in [1.82, 2.24) is 9.88 Å².